The first kappa shape index (κ1) is 35.8. The molecule has 0 saturated carbocycles. The largest absolute Gasteiger partial charge is 0.388 e. The summed E-state index contributed by atoms with van der Waals surface area (Å²) in [5.41, 5.74) is 9.28. The van der Waals surface area contributed by atoms with Gasteiger partial charge in [0.05, 0.1) is 0 Å². The van der Waals surface area contributed by atoms with Crippen LogP contribution in [0.4, 0.5) is 10.1 Å². The topological polar surface area (TPSA) is 36.1 Å². The third kappa shape index (κ3) is 8.94. The zero-order valence-electron chi connectivity index (χ0n) is 27.8. The Balaban J connectivity index is 1.89. The molecule has 0 amide bonds. The highest BCUT2D eigenvalue weighted by Crippen LogP contribution is 2.36. The molecule has 0 aliphatic carbocycles. The second-order valence-electron chi connectivity index (χ2n) is 10.9. The summed E-state index contributed by atoms with van der Waals surface area (Å²) < 4.78 is 16.5. The Bertz CT molecular complexity index is 1740. The molecule has 0 aliphatic heterocycles. The molecule has 0 atom stereocenters. The Morgan fingerprint density at radius 2 is 1.63 bits per heavy atom. The van der Waals surface area contributed by atoms with E-state index in [0.29, 0.717) is 34.6 Å². The lowest BCUT2D eigenvalue weighted by Crippen LogP contribution is -2.16. The van der Waals surface area contributed by atoms with Gasteiger partial charge in [0, 0.05) is 63.7 Å². The van der Waals surface area contributed by atoms with Gasteiger partial charge in [0.2, 0.25) is 0 Å². The Kier molecular flexibility index (Phi) is 13.3. The highest BCUT2D eigenvalue weighted by Gasteiger charge is 2.20. The first-order valence-electron chi connectivity index (χ1n) is 15.2. The number of allylic oxidation sites excluding steroid dienone is 10. The van der Waals surface area contributed by atoms with Crippen LogP contribution in [0.2, 0.25) is 0 Å². The Labute approximate surface area is 279 Å². The minimum atomic E-state index is -0.374. The highest BCUT2D eigenvalue weighted by atomic mass is 32.1. The average molecular weight is 632 g/mol. The van der Waals surface area contributed by atoms with Crippen LogP contribution in [0.15, 0.2) is 140 Å². The molecule has 3 aromatic rings. The maximum Gasteiger partial charge on any atom is 0.140 e. The minimum Gasteiger partial charge on any atom is -0.388 e. The molecule has 0 bridgehead atoms. The van der Waals surface area contributed by atoms with Crippen molar-refractivity contribution in [3.63, 3.8) is 0 Å². The van der Waals surface area contributed by atoms with Crippen molar-refractivity contribution in [2.75, 3.05) is 18.9 Å². The zero-order chi connectivity index (χ0) is 33.8. The predicted octanol–water partition coefficient (Wildman–Crippen LogP) is 10.9. The summed E-state index contributed by atoms with van der Waals surface area (Å²) in [5, 5.41) is 9.97. The number of halogens is 1. The third-order valence-corrected chi connectivity index (χ3v) is 8.97. The van der Waals surface area contributed by atoms with Crippen LogP contribution >= 0.6 is 11.3 Å². The fourth-order valence-electron chi connectivity index (χ4n) is 4.92. The molecule has 0 spiro atoms. The molecule has 1 aromatic heterocycles. The lowest BCUT2D eigenvalue weighted by molar-refractivity contribution is 0.621. The van der Waals surface area contributed by atoms with Crippen LogP contribution < -0.4 is 16.0 Å². The normalized spacial score (nSPS) is 12.7. The van der Waals surface area contributed by atoms with Crippen molar-refractivity contribution in [1.82, 2.24) is 10.6 Å². The van der Waals surface area contributed by atoms with E-state index < -0.39 is 0 Å². The van der Waals surface area contributed by atoms with E-state index in [9.17, 15) is 0 Å². The van der Waals surface area contributed by atoms with Gasteiger partial charge < -0.3 is 16.0 Å². The highest BCUT2D eigenvalue weighted by molar-refractivity contribution is 7.14. The van der Waals surface area contributed by atoms with E-state index in [1.807, 2.05) is 70.2 Å². The molecule has 0 aliphatic rings. The Morgan fingerprint density at radius 3 is 2.22 bits per heavy atom. The molecule has 0 fully saturated rings. The van der Waals surface area contributed by atoms with Crippen molar-refractivity contribution in [3.8, 4) is 0 Å². The third-order valence-electron chi connectivity index (χ3n) is 7.69. The van der Waals surface area contributed by atoms with E-state index in [1.165, 1.54) is 5.56 Å². The number of hydrogen-bond donors (Lipinski definition) is 3. The van der Waals surface area contributed by atoms with Crippen LogP contribution in [-0.2, 0) is 6.54 Å². The molecule has 5 heteroatoms. The van der Waals surface area contributed by atoms with E-state index in [1.54, 1.807) is 36.6 Å². The lowest BCUT2D eigenvalue weighted by atomic mass is 9.94. The van der Waals surface area contributed by atoms with Gasteiger partial charge in [0.25, 0.3) is 0 Å². The lowest BCUT2D eigenvalue weighted by Gasteiger charge is -2.20. The molecule has 0 radical (unpaired) electrons. The number of thiophene rings is 1. The summed E-state index contributed by atoms with van der Waals surface area (Å²) in [7, 11) is 1.77. The molecular formula is C41H46FN3S. The second-order valence-corrected chi connectivity index (χ2v) is 12.0. The van der Waals surface area contributed by atoms with E-state index in [-0.39, 0.29) is 5.82 Å². The monoisotopic (exact) mass is 631 g/mol. The average Bonchev–Trinajstić information content (AvgIpc) is 3.55. The summed E-state index contributed by atoms with van der Waals surface area (Å²) >= 11 is 1.68. The van der Waals surface area contributed by atoms with Gasteiger partial charge in [0.1, 0.15) is 5.82 Å². The maximum atomic E-state index is 16.5. The fourth-order valence-corrected chi connectivity index (χ4v) is 5.93. The molecule has 2 aromatic carbocycles. The molecular weight excluding hydrogens is 586 g/mol. The zero-order valence-corrected chi connectivity index (χ0v) is 28.6. The summed E-state index contributed by atoms with van der Waals surface area (Å²) in [6.45, 7) is 29.8. The van der Waals surface area contributed by atoms with Crippen LogP contribution in [0.5, 0.6) is 0 Å². The van der Waals surface area contributed by atoms with E-state index in [4.69, 9.17) is 0 Å². The molecule has 238 valence electrons. The molecule has 3 N–H and O–H groups in total. The van der Waals surface area contributed by atoms with Crippen molar-refractivity contribution in [2.24, 2.45) is 0 Å². The Hall–Kier alpha value is -4.71. The molecule has 46 heavy (non-hydrogen) atoms. The van der Waals surface area contributed by atoms with Gasteiger partial charge in [-0.05, 0) is 85.4 Å². The quantitative estimate of drug-likeness (QED) is 0.138. The van der Waals surface area contributed by atoms with Gasteiger partial charge in [-0.15, -0.1) is 11.3 Å². The van der Waals surface area contributed by atoms with Gasteiger partial charge in [-0.25, -0.2) is 4.39 Å². The van der Waals surface area contributed by atoms with Crippen LogP contribution in [-0.4, -0.2) is 13.6 Å². The molecule has 1 heterocycles. The molecule has 0 unspecified atom stereocenters. The second kappa shape index (κ2) is 17.1. The predicted molar refractivity (Wildman–Crippen MR) is 203 cm³/mol. The number of benzene rings is 2. The van der Waals surface area contributed by atoms with Crippen LogP contribution in [0.1, 0.15) is 54.1 Å². The first-order valence-corrected chi connectivity index (χ1v) is 16.0. The summed E-state index contributed by atoms with van der Waals surface area (Å²) in [6.07, 6.45) is 9.45. The van der Waals surface area contributed by atoms with Crippen molar-refractivity contribution < 1.29 is 4.39 Å². The maximum absolute atomic E-state index is 16.5. The van der Waals surface area contributed by atoms with Gasteiger partial charge in [-0.1, -0.05) is 93.6 Å². The molecule has 3 rings (SSSR count). The first-order chi connectivity index (χ1) is 22.1. The summed E-state index contributed by atoms with van der Waals surface area (Å²) in [4.78, 5) is 2.24. The number of rotatable bonds is 16. The van der Waals surface area contributed by atoms with E-state index >= 15 is 4.39 Å². The van der Waals surface area contributed by atoms with E-state index in [0.717, 1.165) is 49.9 Å². The van der Waals surface area contributed by atoms with Crippen molar-refractivity contribution >= 4 is 39.3 Å². The fraction of sp³-hybridized carbons (Fsp3) is 0.171. The Morgan fingerprint density at radius 1 is 0.935 bits per heavy atom. The molecule has 3 nitrogen and oxygen atoms in total. The standard InChI is InChI=1S/C41H46FN3S/c1-11-17-35(39-23-22-38(46-39)27(4)5)28(6)30(8)45-31(9)29(7)40-37(43-10)21-20-36(41(40)42)34(13-3)24-32(12-2)25-44-26-33-18-15-14-16-19-33/h11-24,43-45H,1-2,4,7,9,25-26H2,3,5-6,8,10H3/b30-28+,32-24+,34-13+,35-17+. The number of nitrogens with one attached hydrogen (secondary N) is 3. The van der Waals surface area contributed by atoms with Gasteiger partial charge in [0.15, 0.2) is 0 Å². The molecule has 0 saturated heterocycles. The number of anilines is 1. The van der Waals surface area contributed by atoms with Crippen molar-refractivity contribution in [2.45, 2.75) is 34.2 Å². The summed E-state index contributed by atoms with van der Waals surface area (Å²) in [5.74, 6) is -0.374. The van der Waals surface area contributed by atoms with Crippen LogP contribution in [0.25, 0.3) is 22.3 Å². The minimum absolute atomic E-state index is 0.365. The van der Waals surface area contributed by atoms with E-state index in [2.05, 4.69) is 73.1 Å². The number of hydrogen-bond acceptors (Lipinski definition) is 4. The SMILES string of the molecule is C=C/C=C(\C(C)=C(/C)NC(=C)C(=C)c1c(NC)ccc(C(/C=C(\C=C)CNCc2ccccc2)=C/C)c1F)c1ccc(C(=C)C)s1. The van der Waals surface area contributed by atoms with Gasteiger partial charge in [-0.3, -0.25) is 0 Å². The van der Waals surface area contributed by atoms with Crippen LogP contribution in [0.3, 0.4) is 0 Å². The van der Waals surface area contributed by atoms with Gasteiger partial charge >= 0.3 is 0 Å². The van der Waals surface area contributed by atoms with Crippen molar-refractivity contribution in [3.05, 3.63) is 173 Å². The smallest absolute Gasteiger partial charge is 0.140 e. The summed E-state index contributed by atoms with van der Waals surface area (Å²) in [6, 6.07) is 18.0. The van der Waals surface area contributed by atoms with Gasteiger partial charge in [-0.2, -0.15) is 0 Å². The van der Waals surface area contributed by atoms with Crippen LogP contribution in [0, 0.1) is 5.82 Å². The van der Waals surface area contributed by atoms with Crippen molar-refractivity contribution in [1.29, 1.82) is 0 Å².